The van der Waals surface area contributed by atoms with Gasteiger partial charge in [-0.3, -0.25) is 9.59 Å². The lowest BCUT2D eigenvalue weighted by atomic mass is 10.1. The van der Waals surface area contributed by atoms with E-state index in [9.17, 15) is 9.59 Å². The second-order valence-electron chi connectivity index (χ2n) is 4.41. The first-order valence-electron chi connectivity index (χ1n) is 7.00. The minimum atomic E-state index is -0.133. The number of carbonyl (C=O) groups is 2. The number of ether oxygens (including phenoxy) is 1. The Morgan fingerprint density at radius 1 is 0.889 bits per heavy atom. The second-order valence-corrected chi connectivity index (χ2v) is 4.41. The number of rotatable bonds is 10. The molecule has 0 N–H and O–H groups in total. The summed E-state index contributed by atoms with van der Waals surface area (Å²) < 4.78 is 4.57. The molecule has 1 amide bonds. The molecule has 0 atom stereocenters. The maximum absolute atomic E-state index is 11.7. The van der Waals surface area contributed by atoms with Gasteiger partial charge in [-0.2, -0.15) is 0 Å². The third-order valence-corrected chi connectivity index (χ3v) is 3.12. The van der Waals surface area contributed by atoms with Crippen LogP contribution in [0.4, 0.5) is 0 Å². The average molecular weight is 257 g/mol. The van der Waals surface area contributed by atoms with Gasteiger partial charge in [0.2, 0.25) is 5.91 Å². The van der Waals surface area contributed by atoms with Crippen molar-refractivity contribution in [2.45, 2.75) is 58.8 Å². The maximum atomic E-state index is 11.7. The van der Waals surface area contributed by atoms with Gasteiger partial charge in [0.25, 0.3) is 0 Å². The molecule has 0 fully saturated rings. The monoisotopic (exact) mass is 257 g/mol. The van der Waals surface area contributed by atoms with Crippen molar-refractivity contribution in [2.24, 2.45) is 0 Å². The van der Waals surface area contributed by atoms with E-state index in [0.29, 0.717) is 12.8 Å². The van der Waals surface area contributed by atoms with Crippen LogP contribution < -0.4 is 0 Å². The van der Waals surface area contributed by atoms with Gasteiger partial charge in [0.15, 0.2) is 0 Å². The van der Waals surface area contributed by atoms with E-state index in [1.165, 1.54) is 7.11 Å². The standard InChI is InChI=1S/C14H27NO3/c1-4-15(5-2)13(16)11-9-7-6-8-10-12-14(17)18-3/h4-12H2,1-3H3. The zero-order valence-corrected chi connectivity index (χ0v) is 12.0. The van der Waals surface area contributed by atoms with Crippen LogP contribution in [0.15, 0.2) is 0 Å². The molecule has 0 unspecified atom stereocenters. The third-order valence-electron chi connectivity index (χ3n) is 3.12. The van der Waals surface area contributed by atoms with Crippen LogP contribution in [0.25, 0.3) is 0 Å². The van der Waals surface area contributed by atoms with Crippen molar-refractivity contribution in [2.75, 3.05) is 20.2 Å². The van der Waals surface area contributed by atoms with Crippen LogP contribution in [0.2, 0.25) is 0 Å². The molecule has 0 spiro atoms. The fourth-order valence-electron chi connectivity index (χ4n) is 1.91. The Morgan fingerprint density at radius 2 is 1.39 bits per heavy atom. The molecule has 0 heterocycles. The lowest BCUT2D eigenvalue weighted by molar-refractivity contribution is -0.140. The topological polar surface area (TPSA) is 46.6 Å². The highest BCUT2D eigenvalue weighted by Crippen LogP contribution is 2.09. The Morgan fingerprint density at radius 3 is 1.89 bits per heavy atom. The predicted molar refractivity (Wildman–Crippen MR) is 72.3 cm³/mol. The number of carbonyl (C=O) groups excluding carboxylic acids is 2. The lowest BCUT2D eigenvalue weighted by Gasteiger charge is -2.18. The van der Waals surface area contributed by atoms with Gasteiger partial charge in [-0.05, 0) is 26.7 Å². The quantitative estimate of drug-likeness (QED) is 0.446. The smallest absolute Gasteiger partial charge is 0.305 e. The molecule has 4 nitrogen and oxygen atoms in total. The van der Waals surface area contributed by atoms with Crippen LogP contribution in [0.5, 0.6) is 0 Å². The molecule has 0 aliphatic rings. The Kier molecular flexibility index (Phi) is 10.4. The van der Waals surface area contributed by atoms with Gasteiger partial charge in [0.1, 0.15) is 0 Å². The van der Waals surface area contributed by atoms with Gasteiger partial charge in [-0.1, -0.05) is 19.3 Å². The van der Waals surface area contributed by atoms with E-state index >= 15 is 0 Å². The minimum absolute atomic E-state index is 0.133. The highest BCUT2D eigenvalue weighted by molar-refractivity contribution is 5.76. The van der Waals surface area contributed by atoms with Crippen molar-refractivity contribution in [1.29, 1.82) is 0 Å². The van der Waals surface area contributed by atoms with E-state index in [1.54, 1.807) is 0 Å². The van der Waals surface area contributed by atoms with Gasteiger partial charge in [0, 0.05) is 25.9 Å². The SMILES string of the molecule is CCN(CC)C(=O)CCCCCCCC(=O)OC. The molecule has 0 aliphatic carbocycles. The Balaban J connectivity index is 3.40. The minimum Gasteiger partial charge on any atom is -0.469 e. The van der Waals surface area contributed by atoms with Crippen LogP contribution in [-0.2, 0) is 14.3 Å². The summed E-state index contributed by atoms with van der Waals surface area (Å²) in [6.45, 7) is 5.62. The van der Waals surface area contributed by atoms with Crippen molar-refractivity contribution in [3.05, 3.63) is 0 Å². The van der Waals surface area contributed by atoms with Gasteiger partial charge in [-0.15, -0.1) is 0 Å². The molecule has 18 heavy (non-hydrogen) atoms. The summed E-state index contributed by atoms with van der Waals surface area (Å²) in [5.41, 5.74) is 0. The number of unbranched alkanes of at least 4 members (excludes halogenated alkanes) is 4. The molecule has 0 saturated carbocycles. The van der Waals surface area contributed by atoms with Crippen LogP contribution in [0.1, 0.15) is 58.8 Å². The number of hydrogen-bond donors (Lipinski definition) is 0. The number of nitrogens with zero attached hydrogens (tertiary/aromatic N) is 1. The van der Waals surface area contributed by atoms with E-state index in [4.69, 9.17) is 0 Å². The first-order valence-corrected chi connectivity index (χ1v) is 7.00. The zero-order chi connectivity index (χ0) is 13.8. The third kappa shape index (κ3) is 8.09. The molecule has 106 valence electrons. The summed E-state index contributed by atoms with van der Waals surface area (Å²) in [6.07, 6.45) is 6.18. The first-order chi connectivity index (χ1) is 8.65. The number of esters is 1. The molecular formula is C14H27NO3. The maximum Gasteiger partial charge on any atom is 0.305 e. The highest BCUT2D eigenvalue weighted by atomic mass is 16.5. The van der Waals surface area contributed by atoms with Gasteiger partial charge in [0.05, 0.1) is 7.11 Å². The number of hydrogen-bond acceptors (Lipinski definition) is 3. The summed E-state index contributed by atoms with van der Waals surface area (Å²) in [5, 5.41) is 0. The van der Waals surface area contributed by atoms with Crippen molar-refractivity contribution < 1.29 is 14.3 Å². The second kappa shape index (κ2) is 11.1. The van der Waals surface area contributed by atoms with E-state index in [0.717, 1.165) is 45.2 Å². The Hall–Kier alpha value is -1.06. The van der Waals surface area contributed by atoms with Crippen LogP contribution in [0.3, 0.4) is 0 Å². The predicted octanol–water partition coefficient (Wildman–Crippen LogP) is 2.76. The van der Waals surface area contributed by atoms with Crippen molar-refractivity contribution in [3.8, 4) is 0 Å². The molecule has 4 heteroatoms. The average Bonchev–Trinajstić information content (AvgIpc) is 2.38. The normalized spacial score (nSPS) is 10.2. The molecule has 0 saturated heterocycles. The van der Waals surface area contributed by atoms with E-state index in [2.05, 4.69) is 4.74 Å². The lowest BCUT2D eigenvalue weighted by Crippen LogP contribution is -2.30. The fraction of sp³-hybridized carbons (Fsp3) is 0.857. The number of amides is 1. The summed E-state index contributed by atoms with van der Waals surface area (Å²) in [6, 6.07) is 0. The first kappa shape index (κ1) is 16.9. The van der Waals surface area contributed by atoms with Gasteiger partial charge in [-0.25, -0.2) is 0 Å². The van der Waals surface area contributed by atoms with Gasteiger partial charge < -0.3 is 9.64 Å². The van der Waals surface area contributed by atoms with E-state index in [1.807, 2.05) is 18.7 Å². The van der Waals surface area contributed by atoms with Crippen LogP contribution >= 0.6 is 0 Å². The van der Waals surface area contributed by atoms with Crippen molar-refractivity contribution >= 4 is 11.9 Å². The molecule has 0 aromatic heterocycles. The summed E-state index contributed by atoms with van der Waals surface area (Å²) in [4.78, 5) is 24.4. The molecule has 0 bridgehead atoms. The molecule has 0 aromatic carbocycles. The zero-order valence-electron chi connectivity index (χ0n) is 12.0. The van der Waals surface area contributed by atoms with E-state index < -0.39 is 0 Å². The fourth-order valence-corrected chi connectivity index (χ4v) is 1.91. The highest BCUT2D eigenvalue weighted by Gasteiger charge is 2.08. The molecule has 0 aromatic rings. The summed E-state index contributed by atoms with van der Waals surface area (Å²) in [7, 11) is 1.42. The van der Waals surface area contributed by atoms with Crippen LogP contribution in [-0.4, -0.2) is 37.0 Å². The van der Waals surface area contributed by atoms with Crippen LogP contribution in [0, 0.1) is 0 Å². The van der Waals surface area contributed by atoms with Crippen molar-refractivity contribution in [1.82, 2.24) is 4.90 Å². The summed E-state index contributed by atoms with van der Waals surface area (Å²) >= 11 is 0. The van der Waals surface area contributed by atoms with E-state index in [-0.39, 0.29) is 11.9 Å². The molecular weight excluding hydrogens is 230 g/mol. The molecule has 0 aliphatic heterocycles. The Bertz CT molecular complexity index is 237. The van der Waals surface area contributed by atoms with Gasteiger partial charge >= 0.3 is 5.97 Å². The molecule has 0 radical (unpaired) electrons. The summed E-state index contributed by atoms with van der Waals surface area (Å²) in [5.74, 6) is 0.126. The number of methoxy groups -OCH3 is 1. The Labute approximate surface area is 111 Å². The van der Waals surface area contributed by atoms with Crippen molar-refractivity contribution in [3.63, 3.8) is 0 Å². The molecule has 0 rings (SSSR count). The largest absolute Gasteiger partial charge is 0.469 e.